The second-order valence-electron chi connectivity index (χ2n) is 41.2. The minimum atomic E-state index is -1.58. The molecule has 0 N–H and O–H groups in total. The molecule has 17 atom stereocenters. The van der Waals surface area contributed by atoms with Crippen LogP contribution in [0.5, 0.6) is 0 Å². The molecule has 0 spiro atoms. The van der Waals surface area contributed by atoms with Gasteiger partial charge in [0.1, 0.15) is 6.90 Å². The molecule has 0 saturated heterocycles. The largest absolute Gasteiger partial charge is 1.00 e. The van der Waals surface area contributed by atoms with Crippen LogP contribution in [0.15, 0.2) is 60.2 Å². The van der Waals surface area contributed by atoms with Crippen molar-refractivity contribution in [2.75, 3.05) is 0 Å². The Kier molecular flexibility index (Phi) is 34.5. The van der Waals surface area contributed by atoms with Gasteiger partial charge in [0.25, 0.3) is 0 Å². The van der Waals surface area contributed by atoms with Crippen LogP contribution in [0.1, 0.15) is 256 Å². The number of halogens is 3. The van der Waals surface area contributed by atoms with Crippen LogP contribution < -0.4 is 37.7 Å². The van der Waals surface area contributed by atoms with Gasteiger partial charge in [-0.15, -0.1) is 0 Å². The Labute approximate surface area is 699 Å². The van der Waals surface area contributed by atoms with Gasteiger partial charge in [-0.3, -0.25) is 0 Å². The second-order valence-corrected chi connectivity index (χ2v) is 112. The van der Waals surface area contributed by atoms with Gasteiger partial charge in [0.2, 0.25) is 0 Å². The summed E-state index contributed by atoms with van der Waals surface area (Å²) < 4.78 is 0. The molecule has 2 aromatic rings. The average molecular weight is 1670 g/mol. The van der Waals surface area contributed by atoms with E-state index in [0.717, 1.165) is 64.7 Å². The van der Waals surface area contributed by atoms with Crippen LogP contribution in [-0.2, 0) is 46.5 Å². The van der Waals surface area contributed by atoms with E-state index in [4.69, 9.17) is 28.1 Å². The Morgan fingerprint density at radius 2 is 0.769 bits per heavy atom. The van der Waals surface area contributed by atoms with Crippen LogP contribution in [-0.4, -0.2) is 60.0 Å². The minimum absolute atomic E-state index is 0. The number of benzene rings is 2. The van der Waals surface area contributed by atoms with Crippen molar-refractivity contribution >= 4 is 100 Å². The van der Waals surface area contributed by atoms with Crippen molar-refractivity contribution in [1.29, 1.82) is 0 Å². The third kappa shape index (κ3) is 19.2. The molecule has 0 bridgehead atoms. The van der Waals surface area contributed by atoms with E-state index in [1.54, 1.807) is 167 Å². The molecular weight excluding hydrogens is 1520 g/mol. The first-order valence-electron chi connectivity index (χ1n) is 43.0. The molecule has 0 aliphatic heterocycles. The van der Waals surface area contributed by atoms with E-state index in [9.17, 15) is 0 Å². The van der Waals surface area contributed by atoms with E-state index in [-0.39, 0.29) is 52.6 Å². The van der Waals surface area contributed by atoms with Gasteiger partial charge in [-0.25, -0.2) is 0 Å². The Morgan fingerprint density at radius 3 is 1.15 bits per heavy atom. The summed E-state index contributed by atoms with van der Waals surface area (Å²) in [5.74, 6) is 11.4. The number of fused-ring (bicyclic) bond motifs is 8. The molecule has 104 heavy (non-hydrogen) atoms. The first kappa shape index (κ1) is 93.2. The molecule has 572 valence electrons. The summed E-state index contributed by atoms with van der Waals surface area (Å²) in [4.78, 5) is 0. The molecule has 0 amide bonds. The Hall–Kier alpha value is 2.08. The summed E-state index contributed by atoms with van der Waals surface area (Å²) in [7, 11) is 1.12. The smallest absolute Gasteiger partial charge is 1.00 e. The zero-order valence-corrected chi connectivity index (χ0v) is 84.7. The SMILES string of the molecule is CCCC1=CC([Si](C)(C)[Si](C)(C)C2C=Cc3cc4c(cc32)CCC4)C=C1.CCCC1CCC([Si](C)(C)[Si](C)(C)C2CCC3CC4CCCC4CC32)C1.CCCC1CCC([Si](C)(C)[Si](C)(C)C2CCC3CC4CCCC4CC32)C1.C[Si](C)(Cl)[Si](C)(C)C1C=Cc2cc3c(cc21)CCC3.[CH3-].[CH3-].[Cl][Zr+2][Cl].[Li+].[Li+]. The molecular formula is C90H155Cl3Li2Si8Zr+2. The van der Waals surface area contributed by atoms with Crippen LogP contribution in [0.4, 0.5) is 0 Å². The average Bonchev–Trinajstić information content (AvgIpc) is 0.859. The molecule has 0 aromatic heterocycles. The van der Waals surface area contributed by atoms with Crippen LogP contribution in [0.25, 0.3) is 12.2 Å². The predicted octanol–water partition coefficient (Wildman–Crippen LogP) is 24.4. The molecule has 15 rings (SSSR count). The van der Waals surface area contributed by atoms with Gasteiger partial charge in [0.05, 0.1) is 22.8 Å². The van der Waals surface area contributed by atoms with Gasteiger partial charge in [-0.1, -0.05) is 333 Å². The third-order valence-electron chi connectivity index (χ3n) is 34.9. The molecule has 2 aromatic carbocycles. The summed E-state index contributed by atoms with van der Waals surface area (Å²) in [5, 5.41) is 0. The van der Waals surface area contributed by atoms with Crippen LogP contribution in [0.2, 0.25) is 132 Å². The number of hydrogen-bond donors (Lipinski definition) is 0. The normalized spacial score (nSPS) is 31.8. The van der Waals surface area contributed by atoms with Crippen molar-refractivity contribution in [3.05, 3.63) is 120 Å². The fraction of sp³-hybridized carbons (Fsp3) is 0.756. The van der Waals surface area contributed by atoms with Gasteiger partial charge in [-0.05, 0) is 213 Å². The Balaban J connectivity index is 0.000000190. The molecule has 17 unspecified atom stereocenters. The molecule has 14 heteroatoms. The summed E-state index contributed by atoms with van der Waals surface area (Å²) in [5.41, 5.74) is 21.1. The molecule has 0 nitrogen and oxygen atoms in total. The van der Waals surface area contributed by atoms with Crippen LogP contribution >= 0.6 is 28.1 Å². The van der Waals surface area contributed by atoms with Gasteiger partial charge in [-0.2, -0.15) is 11.1 Å². The van der Waals surface area contributed by atoms with Crippen molar-refractivity contribution < 1.29 is 58.6 Å². The molecule has 13 aliphatic carbocycles. The van der Waals surface area contributed by atoms with Gasteiger partial charge in [0, 0.05) is 30.4 Å². The van der Waals surface area contributed by atoms with E-state index in [2.05, 4.69) is 192 Å². The van der Waals surface area contributed by atoms with Crippen molar-refractivity contribution in [2.24, 2.45) is 59.2 Å². The zero-order chi connectivity index (χ0) is 72.1. The van der Waals surface area contributed by atoms with Crippen LogP contribution in [0.3, 0.4) is 0 Å². The topological polar surface area (TPSA) is 0 Å². The van der Waals surface area contributed by atoms with E-state index < -0.39 is 80.9 Å². The van der Waals surface area contributed by atoms with E-state index in [1.165, 1.54) is 110 Å². The number of hydrogen-bond acceptors (Lipinski definition) is 0. The van der Waals surface area contributed by atoms with E-state index in [1.807, 2.05) is 0 Å². The standard InChI is InChI=1S/2C24H46Si2.C24H34Si2.C16H23ClSi2.2CH3.2ClH.2Li.Zr/c3*1-6-8-18-11-13-22(15-18)25(2,3)26(4,5)24-14-12-21-16-19-9-7-10-20(19)17-23(21)24;1-18(2,19(3,4)17)16-9-8-14-10-12-6-5-7-13(12)11-15(14)16;;;;;;;/h2*18-24H,6-17H2,1-5H3;11-17,22,24H,6-10H2,1-5H3;8-11,16H,5-7H2,1-4H3;2*1H3;2*1H;;;/q;;;;2*-1;;;2*+1;+4/p-2. The molecule has 0 heterocycles. The monoisotopic (exact) mass is 1670 g/mol. The van der Waals surface area contributed by atoms with Crippen molar-refractivity contribution in [2.45, 2.75) is 370 Å². The summed E-state index contributed by atoms with van der Waals surface area (Å²) >= 11 is 6.03. The number of aryl methyl sites for hydroxylation is 4. The van der Waals surface area contributed by atoms with E-state index >= 15 is 0 Å². The van der Waals surface area contributed by atoms with Crippen molar-refractivity contribution in [3.8, 4) is 0 Å². The van der Waals surface area contributed by atoms with E-state index in [0.29, 0.717) is 11.1 Å². The molecule has 8 fully saturated rings. The summed E-state index contributed by atoms with van der Waals surface area (Å²) in [6.45, 7) is 48.9. The molecule has 8 saturated carbocycles. The Bertz CT molecular complexity index is 3150. The third-order valence-corrected chi connectivity index (χ3v) is 115. The maximum atomic E-state index is 6.86. The van der Waals surface area contributed by atoms with Gasteiger partial charge < -0.3 is 14.9 Å². The van der Waals surface area contributed by atoms with Crippen molar-refractivity contribution in [1.82, 2.24) is 0 Å². The van der Waals surface area contributed by atoms with Gasteiger partial charge in [0.15, 0.2) is 0 Å². The maximum absolute atomic E-state index is 6.86. The first-order valence-corrected chi connectivity index (χ1v) is 78.8. The van der Waals surface area contributed by atoms with Crippen molar-refractivity contribution in [3.63, 3.8) is 0 Å². The maximum Gasteiger partial charge on any atom is 1.00 e. The Morgan fingerprint density at radius 1 is 0.385 bits per heavy atom. The van der Waals surface area contributed by atoms with Crippen LogP contribution in [0, 0.1) is 74.0 Å². The fourth-order valence-corrected chi connectivity index (χ4v) is 71.1. The molecule has 0 radical (unpaired) electrons. The summed E-state index contributed by atoms with van der Waals surface area (Å²) in [6.07, 6.45) is 65.8. The first-order chi connectivity index (χ1) is 47.2. The van der Waals surface area contributed by atoms with Gasteiger partial charge >= 0.3 is 75.6 Å². The molecule has 13 aliphatic rings. The second kappa shape index (κ2) is 38.4. The summed E-state index contributed by atoms with van der Waals surface area (Å²) in [6, 6.07) is 10.1. The quantitative estimate of drug-likeness (QED) is 0.0841. The number of rotatable bonds is 17. The fourth-order valence-electron chi connectivity index (χ4n) is 25.8. The minimum Gasteiger partial charge on any atom is 1.00 e. The number of allylic oxidation sites excluding steroid dienone is 6. The predicted molar refractivity (Wildman–Crippen MR) is 479 cm³/mol. The zero-order valence-electron chi connectivity index (χ0n) is 71.9.